The lowest BCUT2D eigenvalue weighted by atomic mass is 9.67. The molecule has 0 N–H and O–H groups in total. The number of carbonyl (C=O) groups excluding carboxylic acids is 1. The highest BCUT2D eigenvalue weighted by Gasteiger charge is 2.64. The maximum Gasteiger partial charge on any atom is 0.322 e. The first-order chi connectivity index (χ1) is 10.4. The zero-order valence-electron chi connectivity index (χ0n) is 14.5. The number of fused-ring (bicyclic) bond motifs is 5. The van der Waals surface area contributed by atoms with Crippen LogP contribution in [0.2, 0.25) is 0 Å². The van der Waals surface area contributed by atoms with Crippen molar-refractivity contribution in [3.8, 4) is 0 Å². The number of halogens is 1. The molecule has 0 aromatic rings. The lowest BCUT2D eigenvalue weighted by Crippen LogP contribution is -2.52. The van der Waals surface area contributed by atoms with E-state index in [-0.39, 0.29) is 15.0 Å². The molecule has 7 unspecified atom stereocenters. The maximum atomic E-state index is 12.8. The second-order valence-corrected chi connectivity index (χ2v) is 10.7. The third kappa shape index (κ3) is 2.44. The van der Waals surface area contributed by atoms with Crippen LogP contribution < -0.4 is 0 Å². The molecule has 3 fully saturated rings. The molecule has 0 aromatic heterocycles. The number of ether oxygens (including phenoxy) is 1. The summed E-state index contributed by atoms with van der Waals surface area (Å²) in [6.45, 7) is 8.67. The van der Waals surface area contributed by atoms with Crippen molar-refractivity contribution in [1.82, 2.24) is 0 Å². The van der Waals surface area contributed by atoms with E-state index in [9.17, 15) is 4.79 Å². The van der Waals surface area contributed by atoms with E-state index >= 15 is 0 Å². The van der Waals surface area contributed by atoms with Crippen molar-refractivity contribution in [3.63, 3.8) is 0 Å². The smallest absolute Gasteiger partial charge is 0.322 e. The van der Waals surface area contributed by atoms with Crippen LogP contribution in [0.4, 0.5) is 0 Å². The van der Waals surface area contributed by atoms with Gasteiger partial charge in [0.2, 0.25) is 0 Å². The summed E-state index contributed by atoms with van der Waals surface area (Å²) in [7, 11) is 0. The predicted molar refractivity (Wildman–Crippen MR) is 98.0 cm³/mol. The number of alkyl halides is 1. The van der Waals surface area contributed by atoms with Gasteiger partial charge >= 0.3 is 5.97 Å². The minimum Gasteiger partial charge on any atom is -0.457 e. The van der Waals surface area contributed by atoms with Crippen LogP contribution in [0, 0.1) is 29.6 Å². The van der Waals surface area contributed by atoms with Crippen molar-refractivity contribution < 1.29 is 9.53 Å². The number of rotatable bonds is 5. The van der Waals surface area contributed by atoms with Crippen LogP contribution in [-0.4, -0.2) is 15.0 Å². The van der Waals surface area contributed by atoms with Crippen molar-refractivity contribution in [1.29, 1.82) is 0 Å². The van der Waals surface area contributed by atoms with Crippen LogP contribution in [0.15, 0.2) is 0 Å². The van der Waals surface area contributed by atoms with E-state index in [0.717, 1.165) is 37.0 Å². The van der Waals surface area contributed by atoms with Gasteiger partial charge in [0.05, 0.1) is 0 Å². The largest absolute Gasteiger partial charge is 0.457 e. The highest BCUT2D eigenvalue weighted by Crippen LogP contribution is 2.65. The molecular weight excluding hydrogens is 387 g/mol. The van der Waals surface area contributed by atoms with Gasteiger partial charge in [0.1, 0.15) is 9.02 Å². The van der Waals surface area contributed by atoms with Crippen molar-refractivity contribution in [2.75, 3.05) is 0 Å². The molecule has 0 heterocycles. The molecule has 3 aliphatic rings. The summed E-state index contributed by atoms with van der Waals surface area (Å²) < 4.78 is 6.02. The number of hydrogen-bond donors (Lipinski definition) is 0. The molecule has 126 valence electrons. The van der Waals surface area contributed by atoms with Gasteiger partial charge in [-0.1, -0.05) is 49.8 Å². The third-order valence-corrected chi connectivity index (χ3v) is 8.53. The lowest BCUT2D eigenvalue weighted by Gasteiger charge is -2.47. The molecule has 3 heteroatoms. The average molecular weight is 418 g/mol. The first-order valence-corrected chi connectivity index (χ1v) is 10.4. The number of esters is 1. The standard InChI is InChI=1S/C19H31IO2/c1-5-12(3)19(22-17(21)18(4,20)6-2)11-13-10-16(19)15-9-7-8-14(13)15/h12-16H,5-11H2,1-4H3. The summed E-state index contributed by atoms with van der Waals surface area (Å²) in [4.78, 5) is 12.8. The van der Waals surface area contributed by atoms with Crippen LogP contribution in [0.25, 0.3) is 0 Å². The number of hydrogen-bond acceptors (Lipinski definition) is 2. The van der Waals surface area contributed by atoms with Crippen molar-refractivity contribution >= 4 is 28.6 Å². The normalized spacial score (nSPS) is 43.7. The molecule has 0 radical (unpaired) electrons. The molecule has 3 aliphatic carbocycles. The quantitative estimate of drug-likeness (QED) is 0.341. The SMILES string of the molecule is CCC(C)C1(OC(=O)C(C)(I)CC)CC2CC1C1CCCC21. The molecule has 0 saturated heterocycles. The molecule has 7 atom stereocenters. The van der Waals surface area contributed by atoms with Gasteiger partial charge in [-0.05, 0) is 69.1 Å². The van der Waals surface area contributed by atoms with Crippen LogP contribution in [0.5, 0.6) is 0 Å². The minimum absolute atomic E-state index is 0.0259. The van der Waals surface area contributed by atoms with Gasteiger partial charge in [-0.15, -0.1) is 0 Å². The summed E-state index contributed by atoms with van der Waals surface area (Å²) >= 11 is 2.28. The highest BCUT2D eigenvalue weighted by atomic mass is 127. The average Bonchev–Trinajstić information content (AvgIpc) is 3.17. The molecule has 2 bridgehead atoms. The minimum atomic E-state index is -0.380. The molecule has 2 nitrogen and oxygen atoms in total. The van der Waals surface area contributed by atoms with E-state index in [4.69, 9.17) is 4.74 Å². The van der Waals surface area contributed by atoms with Crippen molar-refractivity contribution in [2.24, 2.45) is 29.6 Å². The Balaban J connectivity index is 1.87. The molecule has 0 amide bonds. The van der Waals surface area contributed by atoms with E-state index in [0.29, 0.717) is 11.8 Å². The highest BCUT2D eigenvalue weighted by molar-refractivity contribution is 14.1. The Kier molecular flexibility index (Phi) is 4.59. The molecule has 0 aliphatic heterocycles. The molecule has 3 saturated carbocycles. The predicted octanol–water partition coefficient (Wildman–Crippen LogP) is 5.37. The van der Waals surface area contributed by atoms with Gasteiger partial charge in [-0.3, -0.25) is 4.79 Å². The lowest BCUT2D eigenvalue weighted by molar-refractivity contribution is -0.181. The van der Waals surface area contributed by atoms with Gasteiger partial charge in [0.25, 0.3) is 0 Å². The van der Waals surface area contributed by atoms with Crippen molar-refractivity contribution in [2.45, 2.75) is 81.7 Å². The second kappa shape index (κ2) is 5.93. The zero-order chi connectivity index (χ0) is 16.1. The van der Waals surface area contributed by atoms with E-state index in [1.54, 1.807) is 0 Å². The first-order valence-electron chi connectivity index (χ1n) is 9.28. The molecule has 0 aromatic carbocycles. The van der Waals surface area contributed by atoms with E-state index in [2.05, 4.69) is 43.4 Å². The third-order valence-electron chi connectivity index (χ3n) is 7.33. The van der Waals surface area contributed by atoms with E-state index < -0.39 is 0 Å². The van der Waals surface area contributed by atoms with E-state index in [1.807, 2.05) is 6.92 Å². The Morgan fingerprint density at radius 2 is 2.05 bits per heavy atom. The molecular formula is C19H31IO2. The Morgan fingerprint density at radius 3 is 2.68 bits per heavy atom. The molecule has 3 rings (SSSR count). The fraction of sp³-hybridized carbons (Fsp3) is 0.947. The monoisotopic (exact) mass is 418 g/mol. The molecule has 22 heavy (non-hydrogen) atoms. The van der Waals surface area contributed by atoms with Gasteiger partial charge in [-0.25, -0.2) is 0 Å². The fourth-order valence-corrected chi connectivity index (χ4v) is 5.80. The summed E-state index contributed by atoms with van der Waals surface area (Å²) in [5, 5.41) is 0. The Morgan fingerprint density at radius 1 is 1.36 bits per heavy atom. The van der Waals surface area contributed by atoms with Crippen LogP contribution in [0.1, 0.15) is 72.6 Å². The molecule has 0 spiro atoms. The summed E-state index contributed by atoms with van der Waals surface area (Å²) in [6.07, 6.45) is 8.59. The topological polar surface area (TPSA) is 26.3 Å². The summed E-state index contributed by atoms with van der Waals surface area (Å²) in [6, 6.07) is 0. The maximum absolute atomic E-state index is 12.8. The Bertz CT molecular complexity index is 447. The van der Waals surface area contributed by atoms with Crippen molar-refractivity contribution in [3.05, 3.63) is 0 Å². The van der Waals surface area contributed by atoms with E-state index in [1.165, 1.54) is 25.7 Å². The van der Waals surface area contributed by atoms with Gasteiger partial charge in [0.15, 0.2) is 0 Å². The van der Waals surface area contributed by atoms with Gasteiger partial charge < -0.3 is 4.74 Å². The van der Waals surface area contributed by atoms with Gasteiger partial charge in [0, 0.05) is 5.92 Å². The van der Waals surface area contributed by atoms with Gasteiger partial charge in [-0.2, -0.15) is 0 Å². The first kappa shape index (κ1) is 17.0. The Hall–Kier alpha value is 0.200. The van der Waals surface area contributed by atoms with Crippen LogP contribution in [-0.2, 0) is 9.53 Å². The number of carbonyl (C=O) groups is 1. The Labute approximate surface area is 149 Å². The second-order valence-electron chi connectivity index (χ2n) is 8.27. The zero-order valence-corrected chi connectivity index (χ0v) is 16.7. The fourth-order valence-electron chi connectivity index (χ4n) is 5.69. The summed E-state index contributed by atoms with van der Waals surface area (Å²) in [5.74, 6) is 3.74. The van der Waals surface area contributed by atoms with Crippen LogP contribution in [0.3, 0.4) is 0 Å². The van der Waals surface area contributed by atoms with Crippen LogP contribution >= 0.6 is 22.6 Å². The summed E-state index contributed by atoms with van der Waals surface area (Å²) in [5.41, 5.74) is -0.163.